The molecule has 9 nitrogen and oxygen atoms in total. The van der Waals surface area contributed by atoms with E-state index in [4.69, 9.17) is 14.5 Å². The predicted octanol–water partition coefficient (Wildman–Crippen LogP) is 6.21. The molecular weight excluding hydrogens is 490 g/mol. The van der Waals surface area contributed by atoms with Gasteiger partial charge < -0.3 is 25.0 Å². The quantitative estimate of drug-likeness (QED) is 0.199. The van der Waals surface area contributed by atoms with E-state index in [-0.39, 0.29) is 0 Å². The molecule has 39 heavy (non-hydrogen) atoms. The number of likely N-dealkylation sites (N-methyl/N-ethyl adjacent to an activating group) is 1. The van der Waals surface area contributed by atoms with Crippen molar-refractivity contribution in [3.63, 3.8) is 0 Å². The van der Waals surface area contributed by atoms with Crippen LogP contribution in [-0.2, 0) is 6.54 Å². The lowest BCUT2D eigenvalue weighted by Gasteiger charge is -2.18. The van der Waals surface area contributed by atoms with Crippen molar-refractivity contribution in [1.29, 1.82) is 0 Å². The first kappa shape index (κ1) is 27.9. The van der Waals surface area contributed by atoms with Gasteiger partial charge in [0.15, 0.2) is 0 Å². The topological polar surface area (TPSA) is 89.4 Å². The van der Waals surface area contributed by atoms with Crippen LogP contribution in [0.2, 0.25) is 0 Å². The van der Waals surface area contributed by atoms with E-state index in [1.165, 1.54) is 0 Å². The highest BCUT2D eigenvalue weighted by Gasteiger charge is 2.14. The molecule has 0 atom stereocenters. The van der Waals surface area contributed by atoms with Crippen LogP contribution >= 0.6 is 0 Å². The lowest BCUT2D eigenvalue weighted by atomic mass is 10.1. The summed E-state index contributed by atoms with van der Waals surface area (Å²) in [4.78, 5) is 11.8. The Hall–Kier alpha value is -4.11. The number of benzene rings is 2. The van der Waals surface area contributed by atoms with Crippen LogP contribution in [0.25, 0.3) is 11.1 Å². The van der Waals surface area contributed by atoms with Gasteiger partial charge in [-0.2, -0.15) is 10.1 Å². The molecule has 0 aliphatic carbocycles. The summed E-state index contributed by atoms with van der Waals surface area (Å²) in [5.74, 6) is 3.17. The fourth-order valence-corrected chi connectivity index (χ4v) is 4.20. The first-order chi connectivity index (χ1) is 19.0. The average Bonchev–Trinajstić information content (AvgIpc) is 3.40. The van der Waals surface area contributed by atoms with Crippen LogP contribution in [0.1, 0.15) is 27.7 Å². The number of ether oxygens (including phenoxy) is 2. The van der Waals surface area contributed by atoms with Crippen molar-refractivity contribution in [2.75, 3.05) is 44.0 Å². The third-order valence-electron chi connectivity index (χ3n) is 6.33. The number of rotatable bonds is 14. The smallest absolute Gasteiger partial charge is 0.229 e. The van der Waals surface area contributed by atoms with Crippen molar-refractivity contribution < 1.29 is 9.47 Å². The molecule has 206 valence electrons. The molecule has 4 rings (SSSR count). The number of hydrogen-bond donors (Lipinski definition) is 2. The first-order valence-corrected chi connectivity index (χ1v) is 13.5. The molecule has 0 aliphatic heterocycles. The van der Waals surface area contributed by atoms with Crippen molar-refractivity contribution in [1.82, 2.24) is 24.6 Å². The number of methoxy groups -OCH3 is 1. The Bertz CT molecular complexity index is 1320. The number of para-hydroxylation sites is 2. The molecule has 0 radical (unpaired) electrons. The highest BCUT2D eigenvalue weighted by Crippen LogP contribution is 2.33. The van der Waals surface area contributed by atoms with Crippen molar-refractivity contribution >= 4 is 23.1 Å². The fraction of sp³-hybridized carbons (Fsp3) is 0.367. The number of nitrogens with one attached hydrogen (secondary N) is 2. The van der Waals surface area contributed by atoms with Crippen molar-refractivity contribution in [2.24, 2.45) is 5.92 Å². The van der Waals surface area contributed by atoms with Gasteiger partial charge in [0, 0.05) is 42.3 Å². The molecule has 4 aromatic rings. The molecule has 0 aliphatic rings. The lowest BCUT2D eigenvalue weighted by molar-refractivity contribution is 0.223. The Morgan fingerprint density at radius 3 is 2.46 bits per heavy atom. The van der Waals surface area contributed by atoms with Crippen molar-refractivity contribution in [2.45, 2.75) is 34.2 Å². The predicted molar refractivity (Wildman–Crippen MR) is 157 cm³/mol. The molecule has 0 bridgehead atoms. The lowest BCUT2D eigenvalue weighted by Crippen LogP contribution is -2.27. The Balaban J connectivity index is 1.54. The molecule has 2 aromatic carbocycles. The normalized spacial score (nSPS) is 11.2. The van der Waals surface area contributed by atoms with E-state index in [2.05, 4.69) is 53.3 Å². The highest BCUT2D eigenvalue weighted by molar-refractivity contribution is 5.79. The number of nitrogens with zero attached hydrogens (tertiary/aromatic N) is 5. The molecule has 2 aromatic heterocycles. The highest BCUT2D eigenvalue weighted by atomic mass is 16.5. The zero-order chi connectivity index (χ0) is 27.6. The van der Waals surface area contributed by atoms with E-state index in [0.29, 0.717) is 24.3 Å². The Kier molecular flexibility index (Phi) is 9.74. The minimum atomic E-state index is 0.473. The Morgan fingerprint density at radius 2 is 1.74 bits per heavy atom. The van der Waals surface area contributed by atoms with Crippen LogP contribution in [0.15, 0.2) is 67.1 Å². The maximum Gasteiger partial charge on any atom is 0.229 e. The minimum absolute atomic E-state index is 0.473. The van der Waals surface area contributed by atoms with Crippen molar-refractivity contribution in [3.05, 3.63) is 67.1 Å². The van der Waals surface area contributed by atoms with Crippen molar-refractivity contribution in [3.8, 4) is 22.6 Å². The van der Waals surface area contributed by atoms with Gasteiger partial charge in [-0.25, -0.2) is 4.98 Å². The first-order valence-electron chi connectivity index (χ1n) is 13.5. The van der Waals surface area contributed by atoms with Crippen LogP contribution in [0, 0.1) is 5.92 Å². The largest absolute Gasteiger partial charge is 0.495 e. The summed E-state index contributed by atoms with van der Waals surface area (Å²) in [7, 11) is 1.65. The van der Waals surface area contributed by atoms with Gasteiger partial charge in [0.25, 0.3) is 0 Å². The van der Waals surface area contributed by atoms with Gasteiger partial charge in [-0.05, 0) is 55.4 Å². The van der Waals surface area contributed by atoms with Crippen LogP contribution in [0.4, 0.5) is 23.1 Å². The third kappa shape index (κ3) is 7.70. The summed E-state index contributed by atoms with van der Waals surface area (Å²) in [5, 5.41) is 11.3. The van der Waals surface area contributed by atoms with E-state index in [1.54, 1.807) is 7.11 Å². The number of anilines is 4. The van der Waals surface area contributed by atoms with Gasteiger partial charge in [0.2, 0.25) is 5.95 Å². The molecule has 0 spiro atoms. The molecule has 9 heteroatoms. The van der Waals surface area contributed by atoms with E-state index in [9.17, 15) is 0 Å². The van der Waals surface area contributed by atoms with E-state index < -0.39 is 0 Å². The second-order valence-electron chi connectivity index (χ2n) is 9.65. The molecule has 0 saturated carbocycles. The van der Waals surface area contributed by atoms with Gasteiger partial charge in [-0.15, -0.1) is 0 Å². The summed E-state index contributed by atoms with van der Waals surface area (Å²) in [6.07, 6.45) is 5.69. The minimum Gasteiger partial charge on any atom is -0.495 e. The number of aromatic nitrogens is 4. The molecule has 2 heterocycles. The Morgan fingerprint density at radius 1 is 0.974 bits per heavy atom. The van der Waals surface area contributed by atoms with Crippen LogP contribution in [-0.4, -0.2) is 58.0 Å². The second kappa shape index (κ2) is 13.6. The maximum atomic E-state index is 5.91. The summed E-state index contributed by atoms with van der Waals surface area (Å²) in [6.45, 7) is 13.1. The Labute approximate surface area is 231 Å². The van der Waals surface area contributed by atoms with Gasteiger partial charge in [0.1, 0.15) is 23.9 Å². The summed E-state index contributed by atoms with van der Waals surface area (Å²) in [6, 6.07) is 15.6. The molecule has 0 saturated heterocycles. The van der Waals surface area contributed by atoms with E-state index >= 15 is 0 Å². The van der Waals surface area contributed by atoms with Gasteiger partial charge in [-0.1, -0.05) is 39.8 Å². The molecule has 0 unspecified atom stereocenters. The zero-order valence-electron chi connectivity index (χ0n) is 23.5. The van der Waals surface area contributed by atoms with E-state index in [1.807, 2.05) is 71.8 Å². The van der Waals surface area contributed by atoms with Gasteiger partial charge >= 0.3 is 0 Å². The SMILES string of the molecule is CCN(CC)CCOc1ccc(Nc2ncc(-c3cnn(CC(C)C)c3)c(Nc3ccccc3OC)n2)cc1. The monoisotopic (exact) mass is 529 g/mol. The van der Waals surface area contributed by atoms with Crippen LogP contribution in [0.3, 0.4) is 0 Å². The van der Waals surface area contributed by atoms with E-state index in [0.717, 1.165) is 60.2 Å². The molecule has 0 fully saturated rings. The zero-order valence-corrected chi connectivity index (χ0v) is 23.5. The fourth-order valence-electron chi connectivity index (χ4n) is 4.20. The van der Waals surface area contributed by atoms with Gasteiger partial charge in [0.05, 0.1) is 19.0 Å². The van der Waals surface area contributed by atoms with Crippen LogP contribution in [0.5, 0.6) is 11.5 Å². The maximum absolute atomic E-state index is 5.91. The number of hydrogen-bond acceptors (Lipinski definition) is 8. The standard InChI is InChI=1S/C30H39N7O2/c1-6-36(7-2)16-17-39-25-14-12-24(13-15-25)33-30-31-19-26(23-18-32-37(21-23)20-22(3)4)29(35-30)34-27-10-8-9-11-28(27)38-5/h8-15,18-19,21-22H,6-7,16-17,20H2,1-5H3,(H2,31,33,34,35). The molecule has 0 amide bonds. The van der Waals surface area contributed by atoms with Gasteiger partial charge in [-0.3, -0.25) is 4.68 Å². The summed E-state index contributed by atoms with van der Waals surface area (Å²) >= 11 is 0. The van der Waals surface area contributed by atoms with Crippen LogP contribution < -0.4 is 20.1 Å². The third-order valence-corrected chi connectivity index (χ3v) is 6.33. The second-order valence-corrected chi connectivity index (χ2v) is 9.65. The molecular formula is C30H39N7O2. The summed E-state index contributed by atoms with van der Waals surface area (Å²) in [5.41, 5.74) is 3.46. The average molecular weight is 530 g/mol. The molecule has 2 N–H and O–H groups in total. The summed E-state index contributed by atoms with van der Waals surface area (Å²) < 4.78 is 13.4.